The molecule has 4 aromatic carbocycles. The molecule has 1 aromatic heterocycles. The van der Waals surface area contributed by atoms with Crippen LogP contribution in [0.4, 0.5) is 18.9 Å². The van der Waals surface area contributed by atoms with Crippen LogP contribution in [-0.2, 0) is 11.0 Å². The quantitative estimate of drug-likeness (QED) is 0.134. The Morgan fingerprint density at radius 3 is 2.40 bits per heavy atom. The van der Waals surface area contributed by atoms with E-state index in [9.17, 15) is 22.8 Å². The minimum atomic E-state index is -4.57. The Kier molecular flexibility index (Phi) is 9.36. The van der Waals surface area contributed by atoms with E-state index in [1.165, 1.54) is 18.3 Å². The fourth-order valence-corrected chi connectivity index (χ4v) is 6.29. The van der Waals surface area contributed by atoms with Gasteiger partial charge in [-0.05, 0) is 111 Å². The fraction of sp³-hybridized carbons (Fsp3) is 0.0667. The molecule has 13 heteroatoms. The maximum Gasteiger partial charge on any atom is 0.416 e. The van der Waals surface area contributed by atoms with Crippen LogP contribution in [0.5, 0.6) is 5.75 Å². The van der Waals surface area contributed by atoms with E-state index in [4.69, 9.17) is 16.3 Å². The second-order valence-corrected chi connectivity index (χ2v) is 11.8. The lowest BCUT2D eigenvalue weighted by Crippen LogP contribution is -2.21. The molecule has 1 N–H and O–H groups in total. The molecule has 0 aliphatic heterocycles. The molecule has 0 fully saturated rings. The molecular weight excluding hydrogens is 811 g/mol. The van der Waals surface area contributed by atoms with E-state index in [2.05, 4.69) is 60.6 Å². The number of alkyl halides is 3. The van der Waals surface area contributed by atoms with Crippen LogP contribution < -0.4 is 15.6 Å². The smallest absolute Gasteiger partial charge is 0.416 e. The van der Waals surface area contributed by atoms with Gasteiger partial charge in [-0.3, -0.25) is 9.59 Å². The number of ether oxygens (including phenoxy) is 1. The van der Waals surface area contributed by atoms with Crippen LogP contribution in [0, 0.1) is 7.14 Å². The number of carbonyl (C=O) groups excluding carboxylic acids is 1. The largest absolute Gasteiger partial charge is 0.482 e. The number of fused-ring (bicyclic) bond motifs is 1. The van der Waals surface area contributed by atoms with Crippen LogP contribution >= 0.6 is 56.8 Å². The molecule has 0 aliphatic carbocycles. The Labute approximate surface area is 275 Å². The fourth-order valence-electron chi connectivity index (χ4n) is 4.04. The van der Waals surface area contributed by atoms with Crippen LogP contribution in [0.3, 0.4) is 0 Å². The van der Waals surface area contributed by atoms with E-state index in [1.807, 2.05) is 0 Å². The van der Waals surface area contributed by atoms with E-state index < -0.39 is 17.3 Å². The maximum atomic E-state index is 13.4. The topological polar surface area (TPSA) is 85.6 Å². The lowest BCUT2D eigenvalue weighted by Gasteiger charge is -2.13. The van der Waals surface area contributed by atoms with Crippen molar-refractivity contribution in [1.82, 2.24) is 9.66 Å². The zero-order valence-corrected chi connectivity index (χ0v) is 26.8. The second-order valence-electron chi connectivity index (χ2n) is 9.05. The minimum Gasteiger partial charge on any atom is -0.482 e. The summed E-state index contributed by atoms with van der Waals surface area (Å²) in [5.41, 5.74) is 0.171. The van der Waals surface area contributed by atoms with Crippen molar-refractivity contribution in [2.45, 2.75) is 6.18 Å². The number of halogens is 6. The number of para-hydroxylation sites is 1. The van der Waals surface area contributed by atoms with Gasteiger partial charge in [-0.15, -0.1) is 0 Å². The van der Waals surface area contributed by atoms with E-state index in [-0.39, 0.29) is 29.3 Å². The second kappa shape index (κ2) is 13.0. The Hall–Kier alpha value is -3.50. The highest BCUT2D eigenvalue weighted by Gasteiger charge is 2.31. The molecule has 0 unspecified atom stereocenters. The molecule has 0 spiro atoms. The summed E-state index contributed by atoms with van der Waals surface area (Å²) in [5.74, 6) is 0.0887. The van der Waals surface area contributed by atoms with Crippen LogP contribution in [-0.4, -0.2) is 28.4 Å². The number of hydrogen-bond donors (Lipinski definition) is 1. The normalized spacial score (nSPS) is 11.7. The third-order valence-electron chi connectivity index (χ3n) is 6.02. The maximum absolute atomic E-state index is 13.4. The SMILES string of the molecule is O=C(COc1c(I)cc(C=Nn2c(-c3cccc(C(F)(F)F)c3)nc3ccccc3c2=O)cc1I)Nc1ccc(Cl)cc1. The molecule has 5 rings (SSSR count). The van der Waals surface area contributed by atoms with Gasteiger partial charge in [0.15, 0.2) is 12.4 Å². The first-order valence-corrected chi connectivity index (χ1v) is 14.9. The molecule has 1 heterocycles. The van der Waals surface area contributed by atoms with Gasteiger partial charge in [0.2, 0.25) is 0 Å². The molecule has 218 valence electrons. The molecule has 0 atom stereocenters. The Morgan fingerprint density at radius 2 is 1.70 bits per heavy atom. The van der Waals surface area contributed by atoms with E-state index >= 15 is 0 Å². The van der Waals surface area contributed by atoms with E-state index in [1.54, 1.807) is 60.7 Å². The monoisotopic (exact) mass is 828 g/mol. The van der Waals surface area contributed by atoms with Crippen molar-refractivity contribution in [2.24, 2.45) is 5.10 Å². The zero-order valence-electron chi connectivity index (χ0n) is 21.7. The van der Waals surface area contributed by atoms with Gasteiger partial charge in [-0.2, -0.15) is 22.9 Å². The summed E-state index contributed by atoms with van der Waals surface area (Å²) in [5, 5.41) is 7.89. The van der Waals surface area contributed by atoms with Gasteiger partial charge < -0.3 is 10.1 Å². The summed E-state index contributed by atoms with van der Waals surface area (Å²) in [7, 11) is 0. The number of aromatic nitrogens is 2. The molecule has 43 heavy (non-hydrogen) atoms. The highest BCUT2D eigenvalue weighted by molar-refractivity contribution is 14.1. The summed E-state index contributed by atoms with van der Waals surface area (Å²) in [6.07, 6.45) is -3.16. The number of nitrogens with zero attached hydrogens (tertiary/aromatic N) is 3. The minimum absolute atomic E-state index is 0.0397. The Morgan fingerprint density at radius 1 is 1.00 bits per heavy atom. The molecule has 0 saturated heterocycles. The van der Waals surface area contributed by atoms with Crippen molar-refractivity contribution in [3.8, 4) is 17.1 Å². The van der Waals surface area contributed by atoms with Crippen molar-refractivity contribution >= 4 is 85.5 Å². The average Bonchev–Trinajstić information content (AvgIpc) is 2.97. The molecule has 0 aliphatic rings. The Balaban J connectivity index is 1.44. The van der Waals surface area contributed by atoms with Crippen LogP contribution in [0.2, 0.25) is 5.02 Å². The summed E-state index contributed by atoms with van der Waals surface area (Å²) in [4.78, 5) is 30.3. The number of nitrogens with one attached hydrogen (secondary N) is 1. The lowest BCUT2D eigenvalue weighted by molar-refractivity contribution is -0.137. The number of rotatable bonds is 7. The van der Waals surface area contributed by atoms with Crippen LogP contribution in [0.25, 0.3) is 22.3 Å². The van der Waals surface area contributed by atoms with Crippen LogP contribution in [0.1, 0.15) is 11.1 Å². The van der Waals surface area contributed by atoms with Crippen LogP contribution in [0.15, 0.2) is 94.8 Å². The molecule has 0 saturated carbocycles. The highest BCUT2D eigenvalue weighted by Crippen LogP contribution is 2.32. The van der Waals surface area contributed by atoms with Gasteiger partial charge in [0.25, 0.3) is 11.5 Å². The average molecular weight is 829 g/mol. The third kappa shape index (κ3) is 7.36. The first kappa shape index (κ1) is 30.9. The molecule has 7 nitrogen and oxygen atoms in total. The van der Waals surface area contributed by atoms with Crippen molar-refractivity contribution in [3.63, 3.8) is 0 Å². The number of benzene rings is 4. The van der Waals surface area contributed by atoms with E-state index in [0.29, 0.717) is 34.7 Å². The standard InChI is InChI=1S/C30H18ClF3I2N4O3/c31-20-8-10-21(11-9-20)38-26(41)16-43-27-23(35)12-17(13-24(27)36)15-37-40-28(18-4-3-5-19(14-18)30(32,33)34)39-25-7-2-1-6-22(25)29(40)42/h1-15H,16H2,(H,38,41). The summed E-state index contributed by atoms with van der Waals surface area (Å²) >= 11 is 10.00. The predicted molar refractivity (Wildman–Crippen MR) is 177 cm³/mol. The van der Waals surface area contributed by atoms with Gasteiger partial charge in [-0.1, -0.05) is 35.9 Å². The molecule has 5 aromatic rings. The number of anilines is 1. The zero-order chi connectivity index (χ0) is 30.7. The van der Waals surface area contributed by atoms with Crippen molar-refractivity contribution < 1.29 is 22.7 Å². The number of hydrogen-bond acceptors (Lipinski definition) is 5. The van der Waals surface area contributed by atoms with Gasteiger partial charge in [0.1, 0.15) is 5.75 Å². The first-order valence-electron chi connectivity index (χ1n) is 12.4. The Bertz CT molecular complexity index is 1910. The number of carbonyl (C=O) groups is 1. The van der Waals surface area contributed by atoms with Gasteiger partial charge >= 0.3 is 6.18 Å². The van der Waals surface area contributed by atoms with Crippen molar-refractivity contribution in [3.05, 3.63) is 119 Å². The van der Waals surface area contributed by atoms with Crippen molar-refractivity contribution in [2.75, 3.05) is 11.9 Å². The molecule has 0 radical (unpaired) electrons. The summed E-state index contributed by atoms with van der Waals surface area (Å²) in [6, 6.07) is 21.3. The molecule has 1 amide bonds. The molecule has 0 bridgehead atoms. The lowest BCUT2D eigenvalue weighted by atomic mass is 10.1. The van der Waals surface area contributed by atoms with Gasteiger partial charge in [0.05, 0.1) is 29.8 Å². The van der Waals surface area contributed by atoms with Crippen molar-refractivity contribution in [1.29, 1.82) is 0 Å². The summed E-state index contributed by atoms with van der Waals surface area (Å²) in [6.45, 7) is -0.236. The van der Waals surface area contributed by atoms with E-state index in [0.717, 1.165) is 16.8 Å². The highest BCUT2D eigenvalue weighted by atomic mass is 127. The first-order chi connectivity index (χ1) is 20.5. The number of amides is 1. The third-order valence-corrected chi connectivity index (χ3v) is 7.87. The van der Waals surface area contributed by atoms with Gasteiger partial charge in [-0.25, -0.2) is 4.98 Å². The molecular formula is C30H18ClF3I2N4O3. The van der Waals surface area contributed by atoms with Gasteiger partial charge in [0, 0.05) is 16.3 Å². The predicted octanol–water partition coefficient (Wildman–Crippen LogP) is 7.84. The summed E-state index contributed by atoms with van der Waals surface area (Å²) < 4.78 is 48.5.